The summed E-state index contributed by atoms with van der Waals surface area (Å²) in [4.78, 5) is 10.2. The third kappa shape index (κ3) is 9.39. The van der Waals surface area contributed by atoms with Gasteiger partial charge in [-0.2, -0.15) is 0 Å². The highest BCUT2D eigenvalue weighted by Crippen LogP contribution is 2.17. The SMILES string of the molecule is CCNC(=NCCc1ncc(C)s1)Nc1cccc(OCCCOC)c1.I. The molecule has 0 aliphatic rings. The zero-order chi connectivity index (χ0) is 18.6. The van der Waals surface area contributed by atoms with E-state index in [-0.39, 0.29) is 24.0 Å². The number of thiazole rings is 1. The Morgan fingerprint density at radius 1 is 1.30 bits per heavy atom. The molecule has 0 atom stereocenters. The molecule has 2 N–H and O–H groups in total. The van der Waals surface area contributed by atoms with Crippen molar-refractivity contribution in [1.29, 1.82) is 0 Å². The molecule has 1 heterocycles. The van der Waals surface area contributed by atoms with Gasteiger partial charge in [-0.05, 0) is 26.0 Å². The lowest BCUT2D eigenvalue weighted by Crippen LogP contribution is -2.30. The van der Waals surface area contributed by atoms with E-state index in [1.807, 2.05) is 30.5 Å². The van der Waals surface area contributed by atoms with Gasteiger partial charge in [0.15, 0.2) is 5.96 Å². The van der Waals surface area contributed by atoms with Gasteiger partial charge in [0.2, 0.25) is 0 Å². The molecule has 2 aromatic rings. The van der Waals surface area contributed by atoms with Crippen molar-refractivity contribution in [2.24, 2.45) is 4.99 Å². The van der Waals surface area contributed by atoms with Gasteiger partial charge in [-0.25, -0.2) is 4.98 Å². The largest absolute Gasteiger partial charge is 0.493 e. The van der Waals surface area contributed by atoms with Crippen molar-refractivity contribution in [3.8, 4) is 5.75 Å². The van der Waals surface area contributed by atoms with Crippen LogP contribution in [0.1, 0.15) is 23.2 Å². The van der Waals surface area contributed by atoms with Gasteiger partial charge >= 0.3 is 0 Å². The van der Waals surface area contributed by atoms with Crippen LogP contribution in [0.5, 0.6) is 5.75 Å². The number of methoxy groups -OCH3 is 1. The number of hydrogen-bond acceptors (Lipinski definition) is 5. The van der Waals surface area contributed by atoms with Crippen LogP contribution in [-0.2, 0) is 11.2 Å². The molecule has 0 fully saturated rings. The van der Waals surface area contributed by atoms with Gasteiger partial charge in [0, 0.05) is 62.5 Å². The number of nitrogens with zero attached hydrogens (tertiary/aromatic N) is 2. The van der Waals surface area contributed by atoms with E-state index in [1.54, 1.807) is 18.4 Å². The molecule has 0 aliphatic carbocycles. The van der Waals surface area contributed by atoms with Crippen molar-refractivity contribution >= 4 is 47.0 Å². The van der Waals surface area contributed by atoms with Crippen LogP contribution in [0.4, 0.5) is 5.69 Å². The average Bonchev–Trinajstić information content (AvgIpc) is 3.04. The van der Waals surface area contributed by atoms with Crippen LogP contribution in [0.25, 0.3) is 0 Å². The third-order valence-electron chi connectivity index (χ3n) is 3.47. The number of aromatic nitrogens is 1. The summed E-state index contributed by atoms with van der Waals surface area (Å²) in [5.74, 6) is 1.59. The van der Waals surface area contributed by atoms with Crippen LogP contribution in [0.2, 0.25) is 0 Å². The van der Waals surface area contributed by atoms with Crippen molar-refractivity contribution < 1.29 is 9.47 Å². The lowest BCUT2D eigenvalue weighted by molar-refractivity contribution is 0.172. The third-order valence-corrected chi connectivity index (χ3v) is 4.44. The van der Waals surface area contributed by atoms with Gasteiger partial charge in [-0.3, -0.25) is 4.99 Å². The van der Waals surface area contributed by atoms with E-state index in [2.05, 4.69) is 34.5 Å². The minimum atomic E-state index is 0. The number of nitrogens with one attached hydrogen (secondary N) is 2. The summed E-state index contributed by atoms with van der Waals surface area (Å²) in [6.07, 6.45) is 3.62. The fourth-order valence-electron chi connectivity index (χ4n) is 2.28. The van der Waals surface area contributed by atoms with E-state index in [0.29, 0.717) is 19.8 Å². The molecule has 6 nitrogen and oxygen atoms in total. The zero-order valence-corrected chi connectivity index (χ0v) is 19.3. The molecular weight excluding hydrogens is 475 g/mol. The Balaban J connectivity index is 0.00000364. The first-order valence-corrected chi connectivity index (χ1v) is 9.71. The Morgan fingerprint density at radius 3 is 2.85 bits per heavy atom. The van der Waals surface area contributed by atoms with Gasteiger partial charge in [0.1, 0.15) is 5.75 Å². The van der Waals surface area contributed by atoms with Crippen molar-refractivity contribution in [3.63, 3.8) is 0 Å². The number of anilines is 1. The fraction of sp³-hybridized carbons (Fsp3) is 0.474. The number of ether oxygens (including phenoxy) is 2. The molecule has 0 saturated carbocycles. The summed E-state index contributed by atoms with van der Waals surface area (Å²) in [6, 6.07) is 7.89. The van der Waals surface area contributed by atoms with E-state index in [9.17, 15) is 0 Å². The Hall–Kier alpha value is -1.39. The molecule has 0 spiro atoms. The Labute approximate surface area is 182 Å². The summed E-state index contributed by atoms with van der Waals surface area (Å²) in [7, 11) is 1.70. The minimum Gasteiger partial charge on any atom is -0.493 e. The first-order valence-electron chi connectivity index (χ1n) is 8.89. The molecule has 1 aromatic heterocycles. The molecule has 150 valence electrons. The van der Waals surface area contributed by atoms with E-state index in [4.69, 9.17) is 9.47 Å². The number of rotatable bonds is 10. The maximum Gasteiger partial charge on any atom is 0.195 e. The monoisotopic (exact) mass is 504 g/mol. The summed E-state index contributed by atoms with van der Waals surface area (Å²) in [5, 5.41) is 7.72. The zero-order valence-electron chi connectivity index (χ0n) is 16.2. The predicted octanol–water partition coefficient (Wildman–Crippen LogP) is 4.10. The highest BCUT2D eigenvalue weighted by molar-refractivity contribution is 14.0. The molecule has 0 bridgehead atoms. The molecular formula is C19H29IN4O2S. The molecule has 0 unspecified atom stereocenters. The number of aryl methyl sites for hydroxylation is 1. The highest BCUT2D eigenvalue weighted by atomic mass is 127. The van der Waals surface area contributed by atoms with Gasteiger partial charge < -0.3 is 20.1 Å². The first kappa shape index (κ1) is 23.6. The normalized spacial score (nSPS) is 11.0. The van der Waals surface area contributed by atoms with Crippen LogP contribution < -0.4 is 15.4 Å². The van der Waals surface area contributed by atoms with E-state index in [0.717, 1.165) is 41.8 Å². The van der Waals surface area contributed by atoms with E-state index in [1.165, 1.54) is 4.88 Å². The second-order valence-electron chi connectivity index (χ2n) is 5.72. The van der Waals surface area contributed by atoms with Crippen molar-refractivity contribution in [2.75, 3.05) is 38.7 Å². The fourth-order valence-corrected chi connectivity index (χ4v) is 3.06. The van der Waals surface area contributed by atoms with E-state index < -0.39 is 0 Å². The second-order valence-corrected chi connectivity index (χ2v) is 7.04. The molecule has 8 heteroatoms. The van der Waals surface area contributed by atoms with Crippen LogP contribution >= 0.6 is 35.3 Å². The number of aliphatic imine (C=N–C) groups is 1. The lowest BCUT2D eigenvalue weighted by atomic mass is 10.3. The summed E-state index contributed by atoms with van der Waals surface area (Å²) in [5.41, 5.74) is 0.944. The summed E-state index contributed by atoms with van der Waals surface area (Å²) in [6.45, 7) is 6.95. The first-order chi connectivity index (χ1) is 12.7. The maximum atomic E-state index is 5.74. The Morgan fingerprint density at radius 2 is 2.15 bits per heavy atom. The lowest BCUT2D eigenvalue weighted by Gasteiger charge is -2.12. The topological polar surface area (TPSA) is 67.8 Å². The number of hydrogen-bond donors (Lipinski definition) is 2. The predicted molar refractivity (Wildman–Crippen MR) is 124 cm³/mol. The van der Waals surface area contributed by atoms with Crippen molar-refractivity contribution in [2.45, 2.75) is 26.7 Å². The van der Waals surface area contributed by atoms with Gasteiger partial charge in [-0.1, -0.05) is 6.07 Å². The molecule has 0 saturated heterocycles. The van der Waals surface area contributed by atoms with Crippen LogP contribution in [0.15, 0.2) is 35.5 Å². The smallest absolute Gasteiger partial charge is 0.195 e. The van der Waals surface area contributed by atoms with Crippen molar-refractivity contribution in [3.05, 3.63) is 40.3 Å². The molecule has 1 aromatic carbocycles. The molecule has 0 radical (unpaired) electrons. The van der Waals surface area contributed by atoms with Crippen LogP contribution in [0.3, 0.4) is 0 Å². The number of benzene rings is 1. The number of guanidine groups is 1. The van der Waals surface area contributed by atoms with Crippen LogP contribution in [-0.4, -0.2) is 44.4 Å². The quantitative estimate of drug-likeness (QED) is 0.221. The minimum absolute atomic E-state index is 0. The second kappa shape index (κ2) is 13.7. The van der Waals surface area contributed by atoms with Crippen molar-refractivity contribution in [1.82, 2.24) is 10.3 Å². The Kier molecular flexibility index (Phi) is 12.0. The molecule has 0 aliphatic heterocycles. The molecule has 27 heavy (non-hydrogen) atoms. The molecule has 0 amide bonds. The number of halogens is 1. The Bertz CT molecular complexity index is 694. The summed E-state index contributed by atoms with van der Waals surface area (Å²) >= 11 is 1.72. The molecule has 2 rings (SSSR count). The highest BCUT2D eigenvalue weighted by Gasteiger charge is 2.03. The standard InChI is InChI=1S/C19H28N4O2S.HI/c1-4-20-19(21-10-9-18-22-14-15(2)26-18)23-16-7-5-8-17(13-16)25-12-6-11-24-3;/h5,7-8,13-14H,4,6,9-12H2,1-3H3,(H2,20,21,23);1H. The summed E-state index contributed by atoms with van der Waals surface area (Å²) < 4.78 is 10.8. The van der Waals surface area contributed by atoms with Gasteiger partial charge in [0.25, 0.3) is 0 Å². The van der Waals surface area contributed by atoms with Gasteiger partial charge in [0.05, 0.1) is 11.6 Å². The average molecular weight is 504 g/mol. The van der Waals surface area contributed by atoms with Gasteiger partial charge in [-0.15, -0.1) is 35.3 Å². The maximum absolute atomic E-state index is 5.74. The van der Waals surface area contributed by atoms with E-state index >= 15 is 0 Å². The van der Waals surface area contributed by atoms with Crippen LogP contribution in [0, 0.1) is 6.92 Å².